The summed E-state index contributed by atoms with van der Waals surface area (Å²) in [6.45, 7) is 4.33. The Morgan fingerprint density at radius 3 is 2.42 bits per heavy atom. The predicted molar refractivity (Wildman–Crippen MR) is 96.2 cm³/mol. The van der Waals surface area contributed by atoms with E-state index in [1.54, 1.807) is 12.1 Å². The minimum absolute atomic E-state index is 0.0627. The molecular formula is C20H21NO5. The maximum Gasteiger partial charge on any atom is 0.329 e. The van der Waals surface area contributed by atoms with Gasteiger partial charge in [-0.15, -0.1) is 0 Å². The zero-order valence-electron chi connectivity index (χ0n) is 14.8. The van der Waals surface area contributed by atoms with E-state index in [1.165, 1.54) is 0 Å². The summed E-state index contributed by atoms with van der Waals surface area (Å²) in [5.74, 6) is -2.89. The number of aliphatic imine (C=N–C) groups is 1. The second-order valence-electron chi connectivity index (χ2n) is 7.60. The van der Waals surface area contributed by atoms with Gasteiger partial charge in [-0.1, -0.05) is 38.1 Å². The molecule has 2 aliphatic carbocycles. The van der Waals surface area contributed by atoms with Gasteiger partial charge in [0.25, 0.3) is 0 Å². The molecular weight excluding hydrogens is 334 g/mol. The minimum Gasteiger partial charge on any atom is -0.481 e. The number of hydrogen-bond donors (Lipinski definition) is 2. The quantitative estimate of drug-likeness (QED) is 0.864. The van der Waals surface area contributed by atoms with Crippen LogP contribution in [-0.2, 0) is 14.4 Å². The third-order valence-electron chi connectivity index (χ3n) is 5.01. The maximum absolute atomic E-state index is 13.0. The van der Waals surface area contributed by atoms with Crippen LogP contribution in [-0.4, -0.2) is 39.7 Å². The van der Waals surface area contributed by atoms with Crippen LogP contribution in [0.1, 0.15) is 50.7 Å². The van der Waals surface area contributed by atoms with E-state index in [-0.39, 0.29) is 16.9 Å². The number of benzene rings is 1. The standard InChI is InChI=1S/C20H21NO5/c1-20(2)8-7-13-14(10-20)11-5-3-4-6-12(11)17(18(13)24)21-15(19(25)26)9-16(22)23/h3-6,15H,7-10H2,1-2H3,(H,22,23)(H,25,26)/b21-17-/t15-/m0/s1. The zero-order valence-corrected chi connectivity index (χ0v) is 14.8. The van der Waals surface area contributed by atoms with Crippen LogP contribution in [0, 0.1) is 5.41 Å². The van der Waals surface area contributed by atoms with Crippen molar-refractivity contribution in [1.29, 1.82) is 0 Å². The van der Waals surface area contributed by atoms with Crippen molar-refractivity contribution >= 4 is 29.0 Å². The average Bonchev–Trinajstić information content (AvgIpc) is 2.56. The number of carbonyl (C=O) groups excluding carboxylic acids is 1. The van der Waals surface area contributed by atoms with Crippen LogP contribution in [0.3, 0.4) is 0 Å². The van der Waals surface area contributed by atoms with Crippen LogP contribution < -0.4 is 0 Å². The fourth-order valence-electron chi connectivity index (χ4n) is 3.65. The van der Waals surface area contributed by atoms with Crippen molar-refractivity contribution < 1.29 is 24.6 Å². The fraction of sp³-hybridized carbons (Fsp3) is 0.400. The van der Waals surface area contributed by atoms with Gasteiger partial charge in [-0.3, -0.25) is 14.6 Å². The summed E-state index contributed by atoms with van der Waals surface area (Å²) < 4.78 is 0. The molecule has 0 saturated heterocycles. The molecule has 0 aromatic heterocycles. The van der Waals surface area contributed by atoms with E-state index >= 15 is 0 Å². The summed E-state index contributed by atoms with van der Waals surface area (Å²) in [5, 5.41) is 18.2. The number of ketones is 1. The molecule has 0 bridgehead atoms. The highest BCUT2D eigenvalue weighted by Crippen LogP contribution is 2.46. The lowest BCUT2D eigenvalue weighted by Gasteiger charge is -2.36. The van der Waals surface area contributed by atoms with E-state index in [0.29, 0.717) is 17.6 Å². The Hall–Kier alpha value is -2.76. The predicted octanol–water partition coefficient (Wildman–Crippen LogP) is 2.95. The van der Waals surface area contributed by atoms with Gasteiger partial charge in [0.2, 0.25) is 5.78 Å². The SMILES string of the molecule is CC1(C)CCC2=C(C1)c1ccccc1/C(=N/[C@@H](CC(=O)O)C(=O)O)C2=O. The lowest BCUT2D eigenvalue weighted by Crippen LogP contribution is -2.33. The third-order valence-corrected chi connectivity index (χ3v) is 5.01. The van der Waals surface area contributed by atoms with Crippen LogP contribution >= 0.6 is 0 Å². The Bertz CT molecular complexity index is 863. The lowest BCUT2D eigenvalue weighted by atomic mass is 9.68. The van der Waals surface area contributed by atoms with Gasteiger partial charge in [-0.25, -0.2) is 4.79 Å². The molecule has 0 heterocycles. The molecule has 3 rings (SSSR count). The molecule has 6 nitrogen and oxygen atoms in total. The van der Waals surface area contributed by atoms with Crippen LogP contribution in [0.4, 0.5) is 0 Å². The summed E-state index contributed by atoms with van der Waals surface area (Å²) in [7, 11) is 0. The second-order valence-corrected chi connectivity index (χ2v) is 7.60. The second kappa shape index (κ2) is 6.52. The summed E-state index contributed by atoms with van der Waals surface area (Å²) >= 11 is 0. The first kappa shape index (κ1) is 18.0. The maximum atomic E-state index is 13.0. The van der Waals surface area contributed by atoms with Gasteiger partial charge in [-0.05, 0) is 35.8 Å². The number of carboxylic acid groups (broad SMARTS) is 2. The average molecular weight is 355 g/mol. The van der Waals surface area contributed by atoms with Crippen molar-refractivity contribution in [3.05, 3.63) is 41.0 Å². The number of aliphatic carboxylic acids is 2. The number of rotatable bonds is 4. The largest absolute Gasteiger partial charge is 0.481 e. The summed E-state index contributed by atoms with van der Waals surface area (Å²) in [4.78, 5) is 39.5. The van der Waals surface area contributed by atoms with Gasteiger partial charge in [0.05, 0.1) is 6.42 Å². The molecule has 0 unspecified atom stereocenters. The molecule has 26 heavy (non-hydrogen) atoms. The molecule has 0 spiro atoms. The fourth-order valence-corrected chi connectivity index (χ4v) is 3.65. The van der Waals surface area contributed by atoms with Gasteiger partial charge in [0.1, 0.15) is 5.71 Å². The normalized spacial score (nSPS) is 21.2. The summed E-state index contributed by atoms with van der Waals surface area (Å²) in [6, 6.07) is 5.83. The Kier molecular flexibility index (Phi) is 4.52. The van der Waals surface area contributed by atoms with Crippen LogP contribution in [0.2, 0.25) is 0 Å². The molecule has 0 saturated carbocycles. The Balaban J connectivity index is 2.14. The molecule has 2 aliphatic rings. The number of Topliss-reactive ketones (excluding diaryl/α,β-unsaturated/α-hetero) is 1. The third kappa shape index (κ3) is 3.31. The molecule has 1 atom stereocenters. The van der Waals surface area contributed by atoms with Crippen molar-refractivity contribution in [1.82, 2.24) is 0 Å². The first-order chi connectivity index (χ1) is 12.2. The van der Waals surface area contributed by atoms with E-state index in [2.05, 4.69) is 18.8 Å². The Morgan fingerprint density at radius 2 is 1.81 bits per heavy atom. The molecule has 2 N–H and O–H groups in total. The number of hydrogen-bond acceptors (Lipinski definition) is 4. The topological polar surface area (TPSA) is 104 Å². The molecule has 0 fully saturated rings. The number of fused-ring (bicyclic) bond motifs is 2. The van der Waals surface area contributed by atoms with Crippen molar-refractivity contribution in [2.45, 2.75) is 45.6 Å². The highest BCUT2D eigenvalue weighted by Gasteiger charge is 2.37. The highest BCUT2D eigenvalue weighted by atomic mass is 16.4. The van der Waals surface area contributed by atoms with E-state index < -0.39 is 24.4 Å². The Morgan fingerprint density at radius 1 is 1.15 bits per heavy atom. The van der Waals surface area contributed by atoms with E-state index in [4.69, 9.17) is 5.11 Å². The van der Waals surface area contributed by atoms with Crippen molar-refractivity contribution in [3.8, 4) is 0 Å². The lowest BCUT2D eigenvalue weighted by molar-refractivity contribution is -0.144. The molecule has 136 valence electrons. The van der Waals surface area contributed by atoms with E-state index in [0.717, 1.165) is 24.0 Å². The van der Waals surface area contributed by atoms with Gasteiger partial charge >= 0.3 is 11.9 Å². The molecule has 6 heteroatoms. The van der Waals surface area contributed by atoms with Crippen LogP contribution in [0.5, 0.6) is 0 Å². The summed E-state index contributed by atoms with van der Waals surface area (Å²) in [6.07, 6.45) is 1.60. The monoisotopic (exact) mass is 355 g/mol. The number of allylic oxidation sites excluding steroid dienone is 2. The first-order valence-electron chi connectivity index (χ1n) is 8.58. The van der Waals surface area contributed by atoms with Crippen molar-refractivity contribution in [3.63, 3.8) is 0 Å². The van der Waals surface area contributed by atoms with E-state index in [9.17, 15) is 19.5 Å². The van der Waals surface area contributed by atoms with Crippen molar-refractivity contribution in [2.75, 3.05) is 0 Å². The van der Waals surface area contributed by atoms with Crippen LogP contribution in [0.15, 0.2) is 34.8 Å². The van der Waals surface area contributed by atoms with Gasteiger partial charge in [-0.2, -0.15) is 0 Å². The molecule has 1 aromatic carbocycles. The zero-order chi connectivity index (χ0) is 19.1. The van der Waals surface area contributed by atoms with Gasteiger partial charge < -0.3 is 10.2 Å². The smallest absolute Gasteiger partial charge is 0.329 e. The number of carbonyl (C=O) groups is 3. The summed E-state index contributed by atoms with van der Waals surface area (Å²) in [5.41, 5.74) is 3.33. The highest BCUT2D eigenvalue weighted by molar-refractivity contribution is 6.54. The van der Waals surface area contributed by atoms with E-state index in [1.807, 2.05) is 12.1 Å². The minimum atomic E-state index is -1.48. The Labute approximate surface area is 151 Å². The van der Waals surface area contributed by atoms with Crippen molar-refractivity contribution in [2.24, 2.45) is 10.4 Å². The molecule has 0 aliphatic heterocycles. The van der Waals surface area contributed by atoms with Crippen LogP contribution in [0.25, 0.3) is 5.57 Å². The number of nitrogens with zero attached hydrogens (tertiary/aromatic N) is 1. The number of carboxylic acids is 2. The van der Waals surface area contributed by atoms with Gasteiger partial charge in [0.15, 0.2) is 6.04 Å². The first-order valence-corrected chi connectivity index (χ1v) is 8.58. The van der Waals surface area contributed by atoms with Gasteiger partial charge in [0, 0.05) is 11.1 Å². The molecule has 1 aromatic rings. The molecule has 0 amide bonds. The molecule has 0 radical (unpaired) electrons.